The van der Waals surface area contributed by atoms with Gasteiger partial charge in [-0.25, -0.2) is 10.4 Å². The fraction of sp³-hybridized carbons (Fsp3) is 0.0952. The number of oxazole rings is 1. The van der Waals surface area contributed by atoms with Gasteiger partial charge in [0.05, 0.1) is 19.1 Å². The lowest BCUT2D eigenvalue weighted by atomic mass is 10.0. The Bertz CT molecular complexity index is 1140. The van der Waals surface area contributed by atoms with Gasteiger partial charge in [-0.05, 0) is 29.0 Å². The zero-order valence-corrected chi connectivity index (χ0v) is 15.9. The number of carbonyl (C=O) groups excluding carboxylic acids is 1. The molecule has 0 fully saturated rings. The molecule has 0 saturated heterocycles. The highest BCUT2D eigenvalue weighted by molar-refractivity contribution is 7.99. The van der Waals surface area contributed by atoms with Gasteiger partial charge < -0.3 is 9.15 Å². The molecule has 0 spiro atoms. The summed E-state index contributed by atoms with van der Waals surface area (Å²) in [5, 5.41) is 6.61. The predicted octanol–water partition coefficient (Wildman–Crippen LogP) is 4.23. The highest BCUT2D eigenvalue weighted by atomic mass is 32.2. The Morgan fingerprint density at radius 1 is 1.18 bits per heavy atom. The second-order valence-corrected chi connectivity index (χ2v) is 6.86. The zero-order chi connectivity index (χ0) is 19.3. The predicted molar refractivity (Wildman–Crippen MR) is 111 cm³/mol. The molecule has 3 aromatic carbocycles. The molecule has 0 radical (unpaired) electrons. The molecule has 28 heavy (non-hydrogen) atoms. The molecular formula is C21H17N3O3S. The van der Waals surface area contributed by atoms with E-state index < -0.39 is 0 Å². The number of thioether (sulfide) groups is 1. The first-order valence-electron chi connectivity index (χ1n) is 8.60. The van der Waals surface area contributed by atoms with Gasteiger partial charge in [-0.15, -0.1) is 0 Å². The van der Waals surface area contributed by atoms with Gasteiger partial charge in [0, 0.05) is 5.56 Å². The number of aromatic nitrogens is 1. The lowest BCUT2D eigenvalue weighted by Crippen LogP contribution is -2.19. The van der Waals surface area contributed by atoms with Crippen molar-refractivity contribution in [3.8, 4) is 5.75 Å². The number of para-hydroxylation sites is 2. The number of hydrogen-bond acceptors (Lipinski definition) is 6. The fourth-order valence-electron chi connectivity index (χ4n) is 2.83. The Labute approximate surface area is 165 Å². The zero-order valence-electron chi connectivity index (χ0n) is 15.1. The van der Waals surface area contributed by atoms with Crippen molar-refractivity contribution >= 4 is 45.8 Å². The van der Waals surface area contributed by atoms with Crippen LogP contribution in [0.1, 0.15) is 5.56 Å². The van der Waals surface area contributed by atoms with Gasteiger partial charge in [-0.1, -0.05) is 54.2 Å². The third kappa shape index (κ3) is 3.84. The first-order valence-corrected chi connectivity index (χ1v) is 9.59. The maximum Gasteiger partial charge on any atom is 0.257 e. The van der Waals surface area contributed by atoms with Crippen molar-refractivity contribution in [1.29, 1.82) is 0 Å². The van der Waals surface area contributed by atoms with E-state index in [1.54, 1.807) is 13.3 Å². The van der Waals surface area contributed by atoms with E-state index in [4.69, 9.17) is 9.15 Å². The molecule has 140 valence electrons. The standard InChI is InChI=1S/C21H17N3O3S/c1-26-18-11-10-14-6-2-3-7-15(14)16(18)12-22-24-20(25)13-28-21-23-17-8-4-5-9-19(17)27-21/h2-12H,13H2,1H3,(H,24,25). The number of amides is 1. The van der Waals surface area contributed by atoms with Crippen LogP contribution in [0.2, 0.25) is 0 Å². The van der Waals surface area contributed by atoms with E-state index in [0.29, 0.717) is 16.6 Å². The third-order valence-electron chi connectivity index (χ3n) is 4.13. The van der Waals surface area contributed by atoms with Crippen LogP contribution in [0.15, 0.2) is 75.4 Å². The first-order chi connectivity index (χ1) is 13.7. The molecule has 4 rings (SSSR count). The minimum Gasteiger partial charge on any atom is -0.496 e. The van der Waals surface area contributed by atoms with Gasteiger partial charge in [0.1, 0.15) is 11.3 Å². The van der Waals surface area contributed by atoms with E-state index in [0.717, 1.165) is 21.9 Å². The Kier molecular flexibility index (Phi) is 5.25. The molecule has 0 aliphatic rings. The molecule has 1 amide bonds. The number of benzene rings is 3. The molecule has 0 bridgehead atoms. The van der Waals surface area contributed by atoms with Gasteiger partial charge in [0.25, 0.3) is 11.1 Å². The summed E-state index contributed by atoms with van der Waals surface area (Å²) in [6, 6.07) is 19.3. The number of hydrogen-bond donors (Lipinski definition) is 1. The van der Waals surface area contributed by atoms with E-state index in [-0.39, 0.29) is 11.7 Å². The molecule has 1 N–H and O–H groups in total. The van der Waals surface area contributed by atoms with Crippen molar-refractivity contribution in [2.24, 2.45) is 5.10 Å². The second kappa shape index (κ2) is 8.14. The van der Waals surface area contributed by atoms with Crippen LogP contribution in [0, 0.1) is 0 Å². The molecule has 0 saturated carbocycles. The smallest absolute Gasteiger partial charge is 0.257 e. The number of rotatable bonds is 6. The molecule has 1 aromatic heterocycles. The Balaban J connectivity index is 1.42. The van der Waals surface area contributed by atoms with Gasteiger partial charge >= 0.3 is 0 Å². The summed E-state index contributed by atoms with van der Waals surface area (Å²) in [6.45, 7) is 0. The lowest BCUT2D eigenvalue weighted by Gasteiger charge is -2.08. The summed E-state index contributed by atoms with van der Waals surface area (Å²) in [6.07, 6.45) is 1.60. The van der Waals surface area contributed by atoms with Gasteiger partial charge in [0.2, 0.25) is 0 Å². The molecule has 6 nitrogen and oxygen atoms in total. The van der Waals surface area contributed by atoms with Crippen LogP contribution in [-0.4, -0.2) is 30.0 Å². The second-order valence-electron chi connectivity index (χ2n) is 5.93. The van der Waals surface area contributed by atoms with E-state index >= 15 is 0 Å². The summed E-state index contributed by atoms with van der Waals surface area (Å²) in [7, 11) is 1.61. The van der Waals surface area contributed by atoms with E-state index in [1.807, 2.05) is 60.7 Å². The summed E-state index contributed by atoms with van der Waals surface area (Å²) in [4.78, 5) is 16.4. The molecule has 0 atom stereocenters. The summed E-state index contributed by atoms with van der Waals surface area (Å²) >= 11 is 1.22. The largest absolute Gasteiger partial charge is 0.496 e. The summed E-state index contributed by atoms with van der Waals surface area (Å²) in [5.41, 5.74) is 4.82. The molecule has 0 aliphatic carbocycles. The number of fused-ring (bicyclic) bond motifs is 2. The van der Waals surface area contributed by atoms with Crippen molar-refractivity contribution < 1.29 is 13.9 Å². The molecule has 1 heterocycles. The molecule has 4 aromatic rings. The van der Waals surface area contributed by atoms with Crippen molar-refractivity contribution in [3.63, 3.8) is 0 Å². The monoisotopic (exact) mass is 391 g/mol. The van der Waals surface area contributed by atoms with Crippen molar-refractivity contribution in [1.82, 2.24) is 10.4 Å². The van der Waals surface area contributed by atoms with Crippen LogP contribution >= 0.6 is 11.8 Å². The van der Waals surface area contributed by atoms with Crippen LogP contribution in [0.3, 0.4) is 0 Å². The molecular weight excluding hydrogens is 374 g/mol. The quantitative estimate of drug-likeness (QED) is 0.302. The number of nitrogens with one attached hydrogen (secondary N) is 1. The van der Waals surface area contributed by atoms with E-state index in [1.165, 1.54) is 11.8 Å². The lowest BCUT2D eigenvalue weighted by molar-refractivity contribution is -0.118. The highest BCUT2D eigenvalue weighted by Gasteiger charge is 2.09. The third-order valence-corrected chi connectivity index (χ3v) is 4.96. The van der Waals surface area contributed by atoms with Crippen LogP contribution in [0.4, 0.5) is 0 Å². The van der Waals surface area contributed by atoms with Gasteiger partial charge in [-0.3, -0.25) is 4.79 Å². The van der Waals surface area contributed by atoms with Gasteiger partial charge in [0.15, 0.2) is 5.58 Å². The van der Waals surface area contributed by atoms with Crippen LogP contribution in [0.25, 0.3) is 21.9 Å². The minimum absolute atomic E-state index is 0.150. The normalized spacial score (nSPS) is 11.3. The topological polar surface area (TPSA) is 76.7 Å². The molecule has 0 aliphatic heterocycles. The van der Waals surface area contributed by atoms with E-state index in [2.05, 4.69) is 15.5 Å². The average Bonchev–Trinajstić information content (AvgIpc) is 3.15. The first kappa shape index (κ1) is 18.1. The Hall–Kier alpha value is -3.32. The van der Waals surface area contributed by atoms with Crippen LogP contribution < -0.4 is 10.2 Å². The highest BCUT2D eigenvalue weighted by Crippen LogP contribution is 2.26. The number of methoxy groups -OCH3 is 1. The molecule has 7 heteroatoms. The number of nitrogens with zero attached hydrogens (tertiary/aromatic N) is 2. The minimum atomic E-state index is -0.247. The summed E-state index contributed by atoms with van der Waals surface area (Å²) in [5.74, 6) is 0.594. The van der Waals surface area contributed by atoms with Crippen LogP contribution in [0.5, 0.6) is 5.75 Å². The SMILES string of the molecule is COc1ccc2ccccc2c1C=NNC(=O)CSc1nc2ccccc2o1. The Morgan fingerprint density at radius 3 is 2.86 bits per heavy atom. The maximum absolute atomic E-state index is 12.1. The van der Waals surface area contributed by atoms with Crippen molar-refractivity contribution in [2.75, 3.05) is 12.9 Å². The molecule has 0 unspecified atom stereocenters. The van der Waals surface area contributed by atoms with E-state index in [9.17, 15) is 4.79 Å². The van der Waals surface area contributed by atoms with Crippen molar-refractivity contribution in [2.45, 2.75) is 5.22 Å². The number of hydrazone groups is 1. The fourth-order valence-corrected chi connectivity index (χ4v) is 3.46. The summed E-state index contributed by atoms with van der Waals surface area (Å²) < 4.78 is 11.0. The Morgan fingerprint density at radius 2 is 2.00 bits per heavy atom. The van der Waals surface area contributed by atoms with Crippen molar-refractivity contribution in [3.05, 3.63) is 66.2 Å². The average molecular weight is 391 g/mol. The number of ether oxygens (including phenoxy) is 1. The van der Waals surface area contributed by atoms with Crippen LogP contribution in [-0.2, 0) is 4.79 Å². The number of carbonyl (C=O) groups is 1. The van der Waals surface area contributed by atoms with Gasteiger partial charge in [-0.2, -0.15) is 5.10 Å². The maximum atomic E-state index is 12.1.